The van der Waals surface area contributed by atoms with Crippen molar-refractivity contribution < 1.29 is 4.92 Å². The van der Waals surface area contributed by atoms with Crippen molar-refractivity contribution in [3.05, 3.63) is 38.8 Å². The molecule has 2 rings (SSSR count). The number of nitro groups is 1. The molecule has 1 aromatic rings. The van der Waals surface area contributed by atoms with Gasteiger partial charge in [-0.1, -0.05) is 0 Å². The summed E-state index contributed by atoms with van der Waals surface area (Å²) >= 11 is 0. The lowest BCUT2D eigenvalue weighted by Gasteiger charge is -2.05. The number of hydrogen-bond acceptors (Lipinski definition) is 4. The molecule has 6 heteroatoms. The zero-order valence-electron chi connectivity index (χ0n) is 8.76. The first-order valence-corrected chi connectivity index (χ1v) is 5.25. The van der Waals surface area contributed by atoms with Gasteiger partial charge in [-0.2, -0.15) is 0 Å². The number of pyridine rings is 1. The van der Waals surface area contributed by atoms with E-state index >= 15 is 0 Å². The van der Waals surface area contributed by atoms with Gasteiger partial charge in [0.2, 0.25) is 0 Å². The summed E-state index contributed by atoms with van der Waals surface area (Å²) < 4.78 is 1.37. The molecule has 6 nitrogen and oxygen atoms in total. The Morgan fingerprint density at radius 2 is 2.25 bits per heavy atom. The van der Waals surface area contributed by atoms with Crippen LogP contribution in [0.5, 0.6) is 0 Å². The minimum absolute atomic E-state index is 0.0500. The average molecular weight is 223 g/mol. The van der Waals surface area contributed by atoms with E-state index in [2.05, 4.69) is 5.32 Å². The number of rotatable bonds is 5. The number of aromatic nitrogens is 1. The maximum atomic E-state index is 11.4. The first-order chi connectivity index (χ1) is 7.66. The second-order valence-corrected chi connectivity index (χ2v) is 3.90. The van der Waals surface area contributed by atoms with Crippen LogP contribution in [0.15, 0.2) is 23.1 Å². The van der Waals surface area contributed by atoms with Crippen LogP contribution in [-0.4, -0.2) is 22.1 Å². The van der Waals surface area contributed by atoms with Crippen molar-refractivity contribution in [2.24, 2.45) is 0 Å². The summed E-state index contributed by atoms with van der Waals surface area (Å²) in [5, 5.41) is 13.8. The number of nitrogens with one attached hydrogen (secondary N) is 1. The van der Waals surface area contributed by atoms with Crippen LogP contribution in [0.25, 0.3) is 0 Å². The molecular weight excluding hydrogens is 210 g/mol. The van der Waals surface area contributed by atoms with Crippen molar-refractivity contribution >= 4 is 5.69 Å². The highest BCUT2D eigenvalue weighted by Gasteiger charge is 2.19. The van der Waals surface area contributed by atoms with E-state index in [9.17, 15) is 14.9 Å². The van der Waals surface area contributed by atoms with Crippen LogP contribution in [0.3, 0.4) is 0 Å². The third-order valence-corrected chi connectivity index (χ3v) is 2.54. The molecule has 0 unspecified atom stereocenters. The predicted molar refractivity (Wildman–Crippen MR) is 58.4 cm³/mol. The van der Waals surface area contributed by atoms with Crippen molar-refractivity contribution in [3.8, 4) is 0 Å². The average Bonchev–Trinajstić information content (AvgIpc) is 3.04. The number of hydrogen-bond donors (Lipinski definition) is 1. The van der Waals surface area contributed by atoms with E-state index in [1.165, 1.54) is 35.7 Å². The van der Waals surface area contributed by atoms with E-state index in [0.29, 0.717) is 19.1 Å². The molecule has 0 spiro atoms. The summed E-state index contributed by atoms with van der Waals surface area (Å²) in [6.45, 7) is 1.14. The Kier molecular flexibility index (Phi) is 3.00. The highest BCUT2D eigenvalue weighted by molar-refractivity contribution is 5.24. The summed E-state index contributed by atoms with van der Waals surface area (Å²) in [5.74, 6) is 0. The second kappa shape index (κ2) is 4.44. The van der Waals surface area contributed by atoms with Crippen LogP contribution in [-0.2, 0) is 6.54 Å². The van der Waals surface area contributed by atoms with E-state index in [1.807, 2.05) is 0 Å². The maximum Gasteiger partial charge on any atom is 0.285 e. The monoisotopic (exact) mass is 223 g/mol. The molecule has 0 aromatic carbocycles. The van der Waals surface area contributed by atoms with E-state index in [0.717, 1.165) is 0 Å². The lowest BCUT2D eigenvalue weighted by molar-refractivity contribution is -0.385. The van der Waals surface area contributed by atoms with E-state index in [-0.39, 0.29) is 11.2 Å². The highest BCUT2D eigenvalue weighted by Crippen LogP contribution is 2.18. The fraction of sp³-hybridized carbons (Fsp3) is 0.500. The molecule has 1 heterocycles. The maximum absolute atomic E-state index is 11.4. The van der Waals surface area contributed by atoms with Crippen molar-refractivity contribution in [2.45, 2.75) is 25.4 Å². The molecule has 0 amide bonds. The van der Waals surface area contributed by atoms with Gasteiger partial charge in [-0.15, -0.1) is 0 Å². The molecule has 1 saturated carbocycles. The molecule has 1 aliphatic rings. The summed E-state index contributed by atoms with van der Waals surface area (Å²) in [7, 11) is 0. The summed E-state index contributed by atoms with van der Waals surface area (Å²) in [4.78, 5) is 21.4. The van der Waals surface area contributed by atoms with Gasteiger partial charge in [-0.25, -0.2) is 0 Å². The van der Waals surface area contributed by atoms with Gasteiger partial charge < -0.3 is 9.88 Å². The molecular formula is C10H13N3O3. The molecule has 86 valence electrons. The smallest absolute Gasteiger partial charge is 0.285 e. The molecule has 1 aliphatic carbocycles. The number of nitrogens with zero attached hydrogens (tertiary/aromatic N) is 2. The normalized spacial score (nSPS) is 15.0. The third kappa shape index (κ3) is 2.66. The van der Waals surface area contributed by atoms with Gasteiger partial charge in [0, 0.05) is 31.3 Å². The largest absolute Gasteiger partial charge is 0.312 e. The molecule has 0 radical (unpaired) electrons. The summed E-state index contributed by atoms with van der Waals surface area (Å²) in [6.07, 6.45) is 3.66. The second-order valence-electron chi connectivity index (χ2n) is 3.90. The zero-order valence-corrected chi connectivity index (χ0v) is 8.76. The van der Waals surface area contributed by atoms with Gasteiger partial charge in [-0.05, 0) is 12.8 Å². The molecule has 0 aliphatic heterocycles. The molecule has 1 fully saturated rings. The third-order valence-electron chi connectivity index (χ3n) is 2.54. The van der Waals surface area contributed by atoms with Crippen LogP contribution in [0, 0.1) is 10.1 Å². The minimum Gasteiger partial charge on any atom is -0.312 e. The first-order valence-electron chi connectivity index (χ1n) is 5.25. The molecule has 1 aromatic heterocycles. The van der Waals surface area contributed by atoms with Crippen LogP contribution in [0.4, 0.5) is 5.69 Å². The predicted octanol–water partition coefficient (Wildman–Crippen LogP) is 0.508. The quantitative estimate of drug-likeness (QED) is 0.582. The van der Waals surface area contributed by atoms with Crippen LogP contribution >= 0.6 is 0 Å². The van der Waals surface area contributed by atoms with Crippen molar-refractivity contribution in [2.75, 3.05) is 6.54 Å². The minimum atomic E-state index is -0.496. The van der Waals surface area contributed by atoms with Gasteiger partial charge in [0.15, 0.2) is 0 Å². The zero-order chi connectivity index (χ0) is 11.5. The Morgan fingerprint density at radius 1 is 1.50 bits per heavy atom. The first kappa shape index (κ1) is 10.8. The van der Waals surface area contributed by atoms with Gasteiger partial charge in [0.25, 0.3) is 11.2 Å². The molecule has 1 N–H and O–H groups in total. The highest BCUT2D eigenvalue weighted by atomic mass is 16.6. The lowest BCUT2D eigenvalue weighted by atomic mass is 10.4. The van der Waals surface area contributed by atoms with Gasteiger partial charge in [0.1, 0.15) is 0 Å². The Hall–Kier alpha value is -1.69. The van der Waals surface area contributed by atoms with Crippen LogP contribution < -0.4 is 10.9 Å². The fourth-order valence-electron chi connectivity index (χ4n) is 1.48. The molecule has 16 heavy (non-hydrogen) atoms. The topological polar surface area (TPSA) is 77.2 Å². The van der Waals surface area contributed by atoms with Crippen molar-refractivity contribution in [1.29, 1.82) is 0 Å². The Bertz CT molecular complexity index is 451. The lowest BCUT2D eigenvalue weighted by Crippen LogP contribution is -2.27. The van der Waals surface area contributed by atoms with Crippen molar-refractivity contribution in [1.82, 2.24) is 9.88 Å². The van der Waals surface area contributed by atoms with Gasteiger partial charge in [0.05, 0.1) is 11.1 Å². The van der Waals surface area contributed by atoms with Gasteiger partial charge >= 0.3 is 0 Å². The fourth-order valence-corrected chi connectivity index (χ4v) is 1.48. The van der Waals surface area contributed by atoms with Gasteiger partial charge in [-0.3, -0.25) is 14.9 Å². The van der Waals surface area contributed by atoms with Crippen LogP contribution in [0.1, 0.15) is 12.8 Å². The molecule has 0 saturated heterocycles. The standard InChI is InChI=1S/C10H13N3O3/c14-10-4-3-9(13(15)16)7-12(10)6-5-11-8-1-2-8/h3-4,7-8,11H,1-2,5-6H2. The summed E-state index contributed by atoms with van der Waals surface area (Å²) in [6, 6.07) is 3.04. The van der Waals surface area contributed by atoms with Crippen molar-refractivity contribution in [3.63, 3.8) is 0 Å². The summed E-state index contributed by atoms with van der Waals surface area (Å²) in [5.41, 5.74) is -0.255. The van der Waals surface area contributed by atoms with E-state index < -0.39 is 4.92 Å². The Morgan fingerprint density at radius 3 is 2.88 bits per heavy atom. The Labute approximate surface area is 92.0 Å². The van der Waals surface area contributed by atoms with E-state index in [4.69, 9.17) is 0 Å². The molecule has 0 atom stereocenters. The van der Waals surface area contributed by atoms with E-state index in [1.54, 1.807) is 0 Å². The Balaban J connectivity index is 2.02. The SMILES string of the molecule is O=c1ccc([N+](=O)[O-])cn1CCNC1CC1. The molecule has 0 bridgehead atoms. The van der Waals surface area contributed by atoms with Crippen LogP contribution in [0.2, 0.25) is 0 Å².